The van der Waals surface area contributed by atoms with E-state index >= 15 is 0 Å². The van der Waals surface area contributed by atoms with Crippen molar-refractivity contribution < 1.29 is 13.9 Å². The smallest absolute Gasteiger partial charge is 0.295 e. The number of hydrogen-bond donors (Lipinski definition) is 0. The SMILES string of the molecule is Cc1ccc(C)c2sc(N(CCN3CCOCC3)C(=O)c3ccc(Br)o3)nc12. The number of nitrogens with zero attached hydrogens (tertiary/aromatic N) is 3. The molecule has 0 bridgehead atoms. The van der Waals surface area contributed by atoms with E-state index in [-0.39, 0.29) is 5.91 Å². The first kappa shape index (κ1) is 19.6. The second-order valence-corrected chi connectivity index (χ2v) is 8.65. The number of hydrogen-bond acceptors (Lipinski definition) is 6. The number of halogens is 1. The monoisotopic (exact) mass is 463 g/mol. The summed E-state index contributed by atoms with van der Waals surface area (Å²) in [7, 11) is 0. The molecular formula is C20H22BrN3O3S. The van der Waals surface area contributed by atoms with E-state index in [1.54, 1.807) is 28.4 Å². The number of benzene rings is 1. The molecule has 148 valence electrons. The highest BCUT2D eigenvalue weighted by molar-refractivity contribution is 9.10. The highest BCUT2D eigenvalue weighted by atomic mass is 79.9. The number of ether oxygens (including phenoxy) is 1. The van der Waals surface area contributed by atoms with Gasteiger partial charge in [-0.1, -0.05) is 23.5 Å². The highest BCUT2D eigenvalue weighted by Crippen LogP contribution is 2.34. The maximum atomic E-state index is 13.2. The zero-order valence-electron chi connectivity index (χ0n) is 15.9. The quantitative estimate of drug-likeness (QED) is 0.565. The fourth-order valence-electron chi connectivity index (χ4n) is 3.28. The van der Waals surface area contributed by atoms with Crippen molar-refractivity contribution in [1.29, 1.82) is 0 Å². The Balaban J connectivity index is 1.66. The molecule has 8 heteroatoms. The average molecular weight is 464 g/mol. The molecule has 1 fully saturated rings. The van der Waals surface area contributed by atoms with Crippen LogP contribution in [-0.2, 0) is 4.74 Å². The van der Waals surface area contributed by atoms with Gasteiger partial charge in [0.25, 0.3) is 5.91 Å². The van der Waals surface area contributed by atoms with Crippen molar-refractivity contribution in [2.45, 2.75) is 13.8 Å². The van der Waals surface area contributed by atoms with Crippen molar-refractivity contribution in [3.63, 3.8) is 0 Å². The molecule has 0 spiro atoms. The maximum absolute atomic E-state index is 13.2. The minimum absolute atomic E-state index is 0.173. The van der Waals surface area contributed by atoms with Crippen molar-refractivity contribution in [3.05, 3.63) is 45.8 Å². The van der Waals surface area contributed by atoms with Gasteiger partial charge in [0, 0.05) is 26.2 Å². The lowest BCUT2D eigenvalue weighted by atomic mass is 10.1. The van der Waals surface area contributed by atoms with Crippen molar-refractivity contribution in [3.8, 4) is 0 Å². The van der Waals surface area contributed by atoms with E-state index in [2.05, 4.69) is 46.8 Å². The summed E-state index contributed by atoms with van der Waals surface area (Å²) in [6.07, 6.45) is 0. The summed E-state index contributed by atoms with van der Waals surface area (Å²) >= 11 is 4.84. The van der Waals surface area contributed by atoms with E-state index in [9.17, 15) is 4.79 Å². The Kier molecular flexibility index (Phi) is 5.82. The molecule has 0 radical (unpaired) electrons. The Morgan fingerprint density at radius 2 is 1.96 bits per heavy atom. The van der Waals surface area contributed by atoms with Crippen LogP contribution in [0.1, 0.15) is 21.7 Å². The summed E-state index contributed by atoms with van der Waals surface area (Å²) in [5, 5.41) is 0.707. The molecule has 4 rings (SSSR count). The molecule has 2 aromatic heterocycles. The molecule has 0 unspecified atom stereocenters. The zero-order chi connectivity index (χ0) is 19.7. The largest absolute Gasteiger partial charge is 0.444 e. The number of aromatic nitrogens is 1. The van der Waals surface area contributed by atoms with Gasteiger partial charge in [0.05, 0.1) is 23.4 Å². The first-order valence-corrected chi connectivity index (χ1v) is 10.9. The summed E-state index contributed by atoms with van der Waals surface area (Å²) in [4.78, 5) is 22.1. The Morgan fingerprint density at radius 1 is 1.21 bits per heavy atom. The van der Waals surface area contributed by atoms with Gasteiger partial charge in [-0.05, 0) is 53.0 Å². The summed E-state index contributed by atoms with van der Waals surface area (Å²) in [6, 6.07) is 7.60. The van der Waals surface area contributed by atoms with Crippen LogP contribution in [0.25, 0.3) is 10.2 Å². The van der Waals surface area contributed by atoms with Crippen molar-refractivity contribution >= 4 is 48.5 Å². The van der Waals surface area contributed by atoms with E-state index in [4.69, 9.17) is 14.1 Å². The first-order chi connectivity index (χ1) is 13.5. The third-order valence-corrected chi connectivity index (χ3v) is 6.57. The fourth-order valence-corrected chi connectivity index (χ4v) is 4.72. The van der Waals surface area contributed by atoms with Gasteiger partial charge < -0.3 is 9.15 Å². The number of anilines is 1. The van der Waals surface area contributed by atoms with Crippen molar-refractivity contribution in [2.24, 2.45) is 0 Å². The molecule has 0 atom stereocenters. The van der Waals surface area contributed by atoms with E-state index in [1.807, 2.05) is 0 Å². The zero-order valence-corrected chi connectivity index (χ0v) is 18.3. The van der Waals surface area contributed by atoms with Crippen LogP contribution in [0.15, 0.2) is 33.4 Å². The van der Waals surface area contributed by atoms with E-state index < -0.39 is 0 Å². The summed E-state index contributed by atoms with van der Waals surface area (Å²) in [5.74, 6) is 0.134. The molecule has 0 saturated carbocycles. The second kappa shape index (κ2) is 8.32. The number of rotatable bonds is 5. The number of amides is 1. The molecule has 3 heterocycles. The number of fused-ring (bicyclic) bond motifs is 1. The third kappa shape index (κ3) is 4.00. The molecule has 0 aliphatic carbocycles. The predicted octanol–water partition coefficient (Wildman–Crippen LogP) is 4.25. The van der Waals surface area contributed by atoms with Gasteiger partial charge >= 0.3 is 0 Å². The average Bonchev–Trinajstić information content (AvgIpc) is 3.33. The van der Waals surface area contributed by atoms with Gasteiger partial charge in [0.1, 0.15) is 0 Å². The van der Waals surface area contributed by atoms with Crippen LogP contribution < -0.4 is 4.90 Å². The Hall–Kier alpha value is -1.74. The number of carbonyl (C=O) groups is 1. The second-order valence-electron chi connectivity index (χ2n) is 6.89. The Labute approximate surface area is 176 Å². The standard InChI is InChI=1S/C20H22BrN3O3S/c1-13-3-4-14(2)18-17(13)22-20(28-18)24(8-7-23-9-11-26-12-10-23)19(25)15-5-6-16(21)27-15/h3-6H,7-12H2,1-2H3. The van der Waals surface area contributed by atoms with E-state index in [0.29, 0.717) is 22.1 Å². The summed E-state index contributed by atoms with van der Waals surface area (Å²) < 4.78 is 12.6. The number of aryl methyl sites for hydroxylation is 2. The molecule has 6 nitrogen and oxygen atoms in total. The molecule has 1 amide bonds. The highest BCUT2D eigenvalue weighted by Gasteiger charge is 2.25. The molecule has 0 N–H and O–H groups in total. The van der Waals surface area contributed by atoms with Crippen LogP contribution in [0, 0.1) is 13.8 Å². The Morgan fingerprint density at radius 3 is 2.64 bits per heavy atom. The minimum Gasteiger partial charge on any atom is -0.444 e. The van der Waals surface area contributed by atoms with Crippen LogP contribution in [0.2, 0.25) is 0 Å². The molecular weight excluding hydrogens is 442 g/mol. The number of thiazole rings is 1. The molecule has 1 aromatic carbocycles. The normalized spacial score (nSPS) is 15.2. The van der Waals surface area contributed by atoms with Crippen LogP contribution in [0.3, 0.4) is 0 Å². The van der Waals surface area contributed by atoms with Crippen molar-refractivity contribution in [2.75, 3.05) is 44.3 Å². The Bertz CT molecular complexity index is 955. The lowest BCUT2D eigenvalue weighted by Gasteiger charge is -2.28. The predicted molar refractivity (Wildman–Crippen MR) is 114 cm³/mol. The number of morpholine rings is 1. The van der Waals surface area contributed by atoms with Crippen LogP contribution in [0.4, 0.5) is 5.13 Å². The lowest BCUT2D eigenvalue weighted by Crippen LogP contribution is -2.43. The van der Waals surface area contributed by atoms with Gasteiger partial charge in [-0.25, -0.2) is 4.98 Å². The third-order valence-electron chi connectivity index (χ3n) is 4.93. The molecule has 1 saturated heterocycles. The number of carbonyl (C=O) groups excluding carboxylic acids is 1. The topological polar surface area (TPSA) is 58.8 Å². The number of furan rings is 1. The van der Waals surface area contributed by atoms with Crippen LogP contribution in [-0.4, -0.2) is 55.2 Å². The summed E-state index contributed by atoms with van der Waals surface area (Å²) in [6.45, 7) is 8.68. The maximum Gasteiger partial charge on any atom is 0.295 e. The molecule has 28 heavy (non-hydrogen) atoms. The van der Waals surface area contributed by atoms with Gasteiger partial charge in [-0.3, -0.25) is 14.6 Å². The van der Waals surface area contributed by atoms with Gasteiger partial charge in [0.15, 0.2) is 15.6 Å². The lowest BCUT2D eigenvalue weighted by molar-refractivity contribution is 0.0390. The molecule has 1 aliphatic heterocycles. The molecule has 3 aromatic rings. The minimum atomic E-state index is -0.173. The first-order valence-electron chi connectivity index (χ1n) is 9.27. The fraction of sp³-hybridized carbons (Fsp3) is 0.400. The van der Waals surface area contributed by atoms with Gasteiger partial charge in [-0.2, -0.15) is 0 Å². The summed E-state index contributed by atoms with van der Waals surface area (Å²) in [5.41, 5.74) is 3.25. The van der Waals surface area contributed by atoms with Crippen LogP contribution >= 0.6 is 27.3 Å². The van der Waals surface area contributed by atoms with Gasteiger partial charge in [-0.15, -0.1) is 0 Å². The van der Waals surface area contributed by atoms with Crippen molar-refractivity contribution in [1.82, 2.24) is 9.88 Å². The van der Waals surface area contributed by atoms with Gasteiger partial charge in [0.2, 0.25) is 0 Å². The van der Waals surface area contributed by atoms with E-state index in [0.717, 1.165) is 48.6 Å². The van der Waals surface area contributed by atoms with E-state index in [1.165, 1.54) is 5.56 Å². The molecule has 1 aliphatic rings. The van der Waals surface area contributed by atoms with Crippen LogP contribution in [0.5, 0.6) is 0 Å².